The Morgan fingerprint density at radius 1 is 1.19 bits per heavy atom. The van der Waals surface area contributed by atoms with Crippen LogP contribution in [0.4, 0.5) is 18.9 Å². The fourth-order valence-electron chi connectivity index (χ4n) is 4.27. The van der Waals surface area contributed by atoms with Crippen LogP contribution in [0.15, 0.2) is 18.2 Å². The maximum Gasteiger partial charge on any atom is 0.435 e. The third-order valence-corrected chi connectivity index (χ3v) is 6.32. The molecule has 0 bridgehead atoms. The van der Waals surface area contributed by atoms with Crippen molar-refractivity contribution in [2.75, 3.05) is 51.8 Å². The molecule has 0 aliphatic carbocycles. The fourth-order valence-corrected chi connectivity index (χ4v) is 4.47. The van der Waals surface area contributed by atoms with Gasteiger partial charge in [-0.3, -0.25) is 9.48 Å². The topological polar surface area (TPSA) is 53.8 Å². The van der Waals surface area contributed by atoms with Crippen molar-refractivity contribution in [2.24, 2.45) is 0 Å². The Bertz CT molecular complexity index is 1000. The third kappa shape index (κ3) is 4.52. The monoisotopic (exact) mass is 471 g/mol. The van der Waals surface area contributed by atoms with Gasteiger partial charge in [0.1, 0.15) is 12.3 Å². The number of nitrogens with zero attached hydrogens (tertiary/aromatic N) is 5. The van der Waals surface area contributed by atoms with Gasteiger partial charge in [-0.15, -0.1) is 0 Å². The van der Waals surface area contributed by atoms with Crippen LogP contribution in [0.25, 0.3) is 0 Å². The molecule has 0 N–H and O–H groups in total. The lowest BCUT2D eigenvalue weighted by Crippen LogP contribution is -2.49. The third-order valence-electron chi connectivity index (χ3n) is 6.01. The Labute approximate surface area is 189 Å². The zero-order valence-electron chi connectivity index (χ0n) is 18.0. The van der Waals surface area contributed by atoms with Gasteiger partial charge in [0.25, 0.3) is 0 Å². The highest BCUT2D eigenvalue weighted by Gasteiger charge is 2.40. The van der Waals surface area contributed by atoms with E-state index in [1.807, 2.05) is 17.0 Å². The minimum atomic E-state index is -4.54. The van der Waals surface area contributed by atoms with Crippen molar-refractivity contribution in [3.8, 4) is 5.75 Å². The number of hydrogen-bond donors (Lipinski definition) is 0. The van der Waals surface area contributed by atoms with E-state index in [0.717, 1.165) is 5.69 Å². The molecule has 32 heavy (non-hydrogen) atoms. The van der Waals surface area contributed by atoms with Crippen molar-refractivity contribution in [1.82, 2.24) is 19.6 Å². The van der Waals surface area contributed by atoms with Gasteiger partial charge in [0.2, 0.25) is 5.91 Å². The maximum atomic E-state index is 13.5. The van der Waals surface area contributed by atoms with Gasteiger partial charge in [0, 0.05) is 68.7 Å². The van der Waals surface area contributed by atoms with Gasteiger partial charge in [-0.2, -0.15) is 18.3 Å². The molecule has 1 saturated heterocycles. The Morgan fingerprint density at radius 2 is 1.91 bits per heavy atom. The van der Waals surface area contributed by atoms with E-state index in [-0.39, 0.29) is 24.6 Å². The van der Waals surface area contributed by atoms with E-state index < -0.39 is 11.9 Å². The van der Waals surface area contributed by atoms with E-state index >= 15 is 0 Å². The van der Waals surface area contributed by atoms with Gasteiger partial charge >= 0.3 is 6.18 Å². The smallest absolute Gasteiger partial charge is 0.435 e. The molecule has 4 rings (SSSR count). The number of methoxy groups -OCH3 is 1. The lowest BCUT2D eigenvalue weighted by Gasteiger charge is -2.36. The van der Waals surface area contributed by atoms with E-state index in [9.17, 15) is 18.0 Å². The zero-order chi connectivity index (χ0) is 23.0. The summed E-state index contributed by atoms with van der Waals surface area (Å²) in [4.78, 5) is 18.5. The van der Waals surface area contributed by atoms with Crippen molar-refractivity contribution in [3.05, 3.63) is 40.2 Å². The van der Waals surface area contributed by atoms with E-state index in [4.69, 9.17) is 16.3 Å². The number of likely N-dealkylation sites (N-methyl/N-ethyl adjacent to an activating group) is 1. The molecule has 7 nitrogen and oxygen atoms in total. The van der Waals surface area contributed by atoms with E-state index in [1.165, 1.54) is 4.68 Å². The van der Waals surface area contributed by atoms with Gasteiger partial charge in [-0.1, -0.05) is 11.6 Å². The SMILES string of the molecule is COc1cc(N2CCN(C(=O)Cn3nc(C(F)(F)F)c4c3CCN(C)C4)CC2)ccc1Cl. The molecule has 2 aliphatic heterocycles. The summed E-state index contributed by atoms with van der Waals surface area (Å²) in [5.41, 5.74) is 0.753. The second-order valence-corrected chi connectivity index (χ2v) is 8.51. The molecule has 0 spiro atoms. The summed E-state index contributed by atoms with van der Waals surface area (Å²) in [7, 11) is 3.33. The molecule has 0 unspecified atom stereocenters. The Balaban J connectivity index is 1.44. The number of benzene rings is 1. The first-order valence-electron chi connectivity index (χ1n) is 10.4. The zero-order valence-corrected chi connectivity index (χ0v) is 18.7. The minimum Gasteiger partial charge on any atom is -0.495 e. The van der Waals surface area contributed by atoms with Crippen LogP contribution in [0, 0.1) is 0 Å². The quantitative estimate of drug-likeness (QED) is 0.686. The number of anilines is 1. The first kappa shape index (κ1) is 22.7. The average Bonchev–Trinajstić information content (AvgIpc) is 3.12. The predicted molar refractivity (Wildman–Crippen MR) is 114 cm³/mol. The number of amides is 1. The number of hydrogen-bond acceptors (Lipinski definition) is 5. The molecule has 0 radical (unpaired) electrons. The number of carbonyl (C=O) groups is 1. The van der Waals surface area contributed by atoms with Gasteiger partial charge in [0.05, 0.1) is 12.1 Å². The first-order chi connectivity index (χ1) is 15.2. The summed E-state index contributed by atoms with van der Waals surface area (Å²) in [6.45, 7) is 2.79. The molecule has 3 heterocycles. The lowest BCUT2D eigenvalue weighted by atomic mass is 10.1. The molecule has 1 aromatic heterocycles. The number of ether oxygens (including phenoxy) is 1. The molecule has 1 amide bonds. The first-order valence-corrected chi connectivity index (χ1v) is 10.8. The highest BCUT2D eigenvalue weighted by Crippen LogP contribution is 2.35. The minimum absolute atomic E-state index is 0.181. The number of fused-ring (bicyclic) bond motifs is 1. The van der Waals surface area contributed by atoms with Gasteiger partial charge < -0.3 is 19.4 Å². The normalized spacial score (nSPS) is 17.4. The second-order valence-electron chi connectivity index (χ2n) is 8.10. The summed E-state index contributed by atoms with van der Waals surface area (Å²) in [6.07, 6.45) is -4.10. The molecule has 2 aliphatic rings. The number of halogens is 4. The van der Waals surface area contributed by atoms with Gasteiger partial charge in [-0.05, 0) is 19.2 Å². The molecule has 0 saturated carbocycles. The van der Waals surface area contributed by atoms with E-state index in [2.05, 4.69) is 10.00 Å². The number of aromatic nitrogens is 2. The van der Waals surface area contributed by atoms with E-state index in [0.29, 0.717) is 55.6 Å². The Hall–Kier alpha value is -2.46. The second kappa shape index (κ2) is 8.82. The molecule has 0 atom stereocenters. The van der Waals surface area contributed by atoms with E-state index in [1.54, 1.807) is 25.1 Å². The van der Waals surface area contributed by atoms with Crippen molar-refractivity contribution in [1.29, 1.82) is 0 Å². The highest BCUT2D eigenvalue weighted by molar-refractivity contribution is 6.32. The fraction of sp³-hybridized carbons (Fsp3) is 0.524. The van der Waals surface area contributed by atoms with Crippen LogP contribution in [0.2, 0.25) is 5.02 Å². The van der Waals surface area contributed by atoms with Crippen molar-refractivity contribution >= 4 is 23.2 Å². The Kier molecular flexibility index (Phi) is 6.26. The van der Waals surface area contributed by atoms with Crippen LogP contribution < -0.4 is 9.64 Å². The molecule has 1 aromatic carbocycles. The largest absolute Gasteiger partial charge is 0.495 e. The van der Waals surface area contributed by atoms with Crippen LogP contribution in [-0.4, -0.2) is 72.4 Å². The van der Waals surface area contributed by atoms with Crippen molar-refractivity contribution in [3.63, 3.8) is 0 Å². The summed E-state index contributed by atoms with van der Waals surface area (Å²) in [5.74, 6) is 0.355. The number of piperazine rings is 1. The maximum absolute atomic E-state index is 13.5. The number of alkyl halides is 3. The molecule has 2 aromatic rings. The molecular weight excluding hydrogens is 447 g/mol. The van der Waals surface area contributed by atoms with Crippen LogP contribution >= 0.6 is 11.6 Å². The van der Waals surface area contributed by atoms with Crippen molar-refractivity contribution in [2.45, 2.75) is 25.7 Å². The van der Waals surface area contributed by atoms with Gasteiger partial charge in [0.15, 0.2) is 5.69 Å². The van der Waals surface area contributed by atoms with Gasteiger partial charge in [-0.25, -0.2) is 0 Å². The van der Waals surface area contributed by atoms with Crippen LogP contribution in [-0.2, 0) is 30.5 Å². The number of rotatable bonds is 4. The summed E-state index contributed by atoms with van der Waals surface area (Å²) in [6, 6.07) is 5.52. The molecular formula is C21H25ClF3N5O2. The Morgan fingerprint density at radius 3 is 2.56 bits per heavy atom. The molecule has 1 fully saturated rings. The number of carbonyl (C=O) groups excluding carboxylic acids is 1. The highest BCUT2D eigenvalue weighted by atomic mass is 35.5. The summed E-state index contributed by atoms with van der Waals surface area (Å²) >= 11 is 6.09. The summed E-state index contributed by atoms with van der Waals surface area (Å²) in [5, 5.41) is 4.33. The lowest BCUT2D eigenvalue weighted by molar-refractivity contribution is -0.143. The van der Waals surface area contributed by atoms with Crippen LogP contribution in [0.5, 0.6) is 5.75 Å². The molecule has 174 valence electrons. The van der Waals surface area contributed by atoms with Crippen molar-refractivity contribution < 1.29 is 22.7 Å². The van der Waals surface area contributed by atoms with Crippen LogP contribution in [0.3, 0.4) is 0 Å². The predicted octanol–water partition coefficient (Wildman–Crippen LogP) is 2.90. The summed E-state index contributed by atoms with van der Waals surface area (Å²) < 4.78 is 47.0. The van der Waals surface area contributed by atoms with Crippen LogP contribution in [0.1, 0.15) is 17.0 Å². The standard InChI is InChI=1S/C21H25ClF3N5O2/c1-27-6-5-17-15(12-27)20(21(23,24)25)26-30(17)13-19(31)29-9-7-28(8-10-29)14-3-4-16(22)18(11-14)32-2/h3-4,11H,5-10,12-13H2,1-2H3. The average molecular weight is 472 g/mol. The molecule has 11 heteroatoms.